The molecule has 3 atom stereocenters. The van der Waals surface area contributed by atoms with Gasteiger partial charge in [0, 0.05) is 25.8 Å². The molecule has 1 aromatic heterocycles. The van der Waals surface area contributed by atoms with Crippen LogP contribution in [-0.2, 0) is 9.47 Å². The Morgan fingerprint density at radius 1 is 1.53 bits per heavy atom. The van der Waals surface area contributed by atoms with E-state index in [1.807, 2.05) is 0 Å². The maximum atomic E-state index is 10.4. The Morgan fingerprint density at radius 3 is 3.18 bits per heavy atom. The smallest absolute Gasteiger partial charge is 0.0940 e. The zero-order valence-electron chi connectivity index (χ0n) is 9.67. The van der Waals surface area contributed by atoms with Crippen LogP contribution in [-0.4, -0.2) is 35.5 Å². The summed E-state index contributed by atoms with van der Waals surface area (Å²) in [4.78, 5) is 4.99. The summed E-state index contributed by atoms with van der Waals surface area (Å²) in [6.07, 6.45) is 4.14. The van der Waals surface area contributed by atoms with Crippen molar-refractivity contribution in [2.75, 3.05) is 19.8 Å². The lowest BCUT2D eigenvalue weighted by Gasteiger charge is -2.38. The highest BCUT2D eigenvalue weighted by Crippen LogP contribution is 2.41. The van der Waals surface area contributed by atoms with Crippen LogP contribution in [0.4, 0.5) is 0 Å². The summed E-state index contributed by atoms with van der Waals surface area (Å²) in [7, 11) is 0. The number of rotatable bonds is 2. The first-order valence-electron chi connectivity index (χ1n) is 6.07. The molecular formula is C12H17NO3S. The largest absolute Gasteiger partial charge is 0.387 e. The zero-order chi connectivity index (χ0) is 11.7. The second-order valence-electron chi connectivity index (χ2n) is 4.94. The van der Waals surface area contributed by atoms with Crippen molar-refractivity contribution in [2.24, 2.45) is 5.92 Å². The van der Waals surface area contributed by atoms with Crippen LogP contribution in [0.25, 0.3) is 0 Å². The summed E-state index contributed by atoms with van der Waals surface area (Å²) >= 11 is 1.52. The molecule has 0 radical (unpaired) electrons. The summed E-state index contributed by atoms with van der Waals surface area (Å²) < 4.78 is 11.3. The number of aliphatic hydroxyl groups excluding tert-OH is 1. The lowest BCUT2D eigenvalue weighted by atomic mass is 9.82. The molecule has 0 bridgehead atoms. The van der Waals surface area contributed by atoms with Crippen molar-refractivity contribution in [3.05, 3.63) is 16.6 Å². The van der Waals surface area contributed by atoms with E-state index in [1.165, 1.54) is 11.3 Å². The van der Waals surface area contributed by atoms with Crippen LogP contribution in [0.1, 0.15) is 30.2 Å². The van der Waals surface area contributed by atoms with E-state index >= 15 is 0 Å². The van der Waals surface area contributed by atoms with Crippen molar-refractivity contribution < 1.29 is 14.6 Å². The molecule has 1 N–H and O–H groups in total. The predicted molar refractivity (Wildman–Crippen MR) is 63.9 cm³/mol. The predicted octanol–water partition coefficient (Wildman–Crippen LogP) is 1.76. The maximum absolute atomic E-state index is 10.4. The summed E-state index contributed by atoms with van der Waals surface area (Å²) in [5.41, 5.74) is 1.64. The second kappa shape index (κ2) is 4.65. The summed E-state index contributed by atoms with van der Waals surface area (Å²) in [6, 6.07) is 0. The molecule has 0 amide bonds. The molecule has 0 saturated carbocycles. The Morgan fingerprint density at radius 2 is 2.47 bits per heavy atom. The fourth-order valence-corrected chi connectivity index (χ4v) is 3.50. The average Bonchev–Trinajstić information content (AvgIpc) is 3.00. The minimum atomic E-state index is -0.399. The van der Waals surface area contributed by atoms with Gasteiger partial charge in [-0.1, -0.05) is 0 Å². The van der Waals surface area contributed by atoms with E-state index in [0.717, 1.165) is 37.4 Å². The molecule has 17 heavy (non-hydrogen) atoms. The van der Waals surface area contributed by atoms with E-state index in [0.29, 0.717) is 6.61 Å². The zero-order valence-corrected chi connectivity index (χ0v) is 10.5. The van der Waals surface area contributed by atoms with Crippen LogP contribution in [0.2, 0.25) is 0 Å². The minimum absolute atomic E-state index is 0.130. The lowest BCUT2D eigenvalue weighted by Crippen LogP contribution is -2.41. The van der Waals surface area contributed by atoms with E-state index in [2.05, 4.69) is 4.98 Å². The first-order valence-corrected chi connectivity index (χ1v) is 6.95. The molecule has 0 aromatic carbocycles. The topological polar surface area (TPSA) is 51.6 Å². The Hall–Kier alpha value is -0.490. The Bertz CT molecular complexity index is 362. The standard InChI is InChI=1S/C12H17NO3S/c14-11(10-6-13-8-17-10)9-1-3-16-12(5-9)2-4-15-7-12/h6,8-9,11,14H,1-5,7H2. The van der Waals surface area contributed by atoms with E-state index in [4.69, 9.17) is 9.47 Å². The molecule has 1 spiro atoms. The molecule has 3 unspecified atom stereocenters. The molecule has 4 nitrogen and oxygen atoms in total. The van der Waals surface area contributed by atoms with Gasteiger partial charge in [0.2, 0.25) is 0 Å². The van der Waals surface area contributed by atoms with Crippen LogP contribution in [0.15, 0.2) is 11.7 Å². The van der Waals surface area contributed by atoms with Gasteiger partial charge in [0.25, 0.3) is 0 Å². The molecule has 2 saturated heterocycles. The summed E-state index contributed by atoms with van der Waals surface area (Å²) in [5.74, 6) is 0.269. The quantitative estimate of drug-likeness (QED) is 0.875. The van der Waals surface area contributed by atoms with Gasteiger partial charge in [0.05, 0.1) is 28.7 Å². The maximum Gasteiger partial charge on any atom is 0.0940 e. The van der Waals surface area contributed by atoms with Crippen LogP contribution in [0.3, 0.4) is 0 Å². The number of ether oxygens (including phenoxy) is 2. The minimum Gasteiger partial charge on any atom is -0.387 e. The highest BCUT2D eigenvalue weighted by Gasteiger charge is 2.43. The van der Waals surface area contributed by atoms with E-state index in [1.54, 1.807) is 11.7 Å². The molecule has 0 aliphatic carbocycles. The second-order valence-corrected chi connectivity index (χ2v) is 5.85. The Kier molecular flexibility index (Phi) is 3.17. The highest BCUT2D eigenvalue weighted by molar-refractivity contribution is 7.09. The number of aromatic nitrogens is 1. The molecule has 2 aliphatic rings. The fourth-order valence-electron chi connectivity index (χ4n) is 2.80. The first kappa shape index (κ1) is 11.6. The van der Waals surface area contributed by atoms with Crippen molar-refractivity contribution in [3.8, 4) is 0 Å². The van der Waals surface area contributed by atoms with Crippen LogP contribution in [0, 0.1) is 5.92 Å². The first-order chi connectivity index (χ1) is 8.29. The molecule has 3 rings (SSSR count). The van der Waals surface area contributed by atoms with E-state index in [-0.39, 0.29) is 11.5 Å². The van der Waals surface area contributed by atoms with E-state index in [9.17, 15) is 5.11 Å². The SMILES string of the molecule is OC(c1cncs1)C1CCOC2(CCOC2)C1. The average molecular weight is 255 g/mol. The van der Waals surface area contributed by atoms with Gasteiger partial charge >= 0.3 is 0 Å². The van der Waals surface area contributed by atoms with Crippen molar-refractivity contribution in [1.82, 2.24) is 4.98 Å². The van der Waals surface area contributed by atoms with Crippen molar-refractivity contribution in [3.63, 3.8) is 0 Å². The number of aliphatic hydroxyl groups is 1. The molecule has 1 aromatic rings. The van der Waals surface area contributed by atoms with Crippen molar-refractivity contribution in [1.29, 1.82) is 0 Å². The molecule has 2 aliphatic heterocycles. The third-order valence-electron chi connectivity index (χ3n) is 3.79. The number of hydrogen-bond acceptors (Lipinski definition) is 5. The summed E-state index contributed by atoms with van der Waals surface area (Å²) in [5, 5.41) is 10.4. The highest BCUT2D eigenvalue weighted by atomic mass is 32.1. The molecule has 5 heteroatoms. The molecule has 94 valence electrons. The van der Waals surface area contributed by atoms with Crippen molar-refractivity contribution >= 4 is 11.3 Å². The lowest BCUT2D eigenvalue weighted by molar-refractivity contribution is -0.116. The fraction of sp³-hybridized carbons (Fsp3) is 0.750. The van der Waals surface area contributed by atoms with Crippen LogP contribution >= 0.6 is 11.3 Å². The number of hydrogen-bond donors (Lipinski definition) is 1. The summed E-state index contributed by atoms with van der Waals surface area (Å²) in [6.45, 7) is 2.19. The van der Waals surface area contributed by atoms with Gasteiger partial charge in [-0.15, -0.1) is 11.3 Å². The van der Waals surface area contributed by atoms with Gasteiger partial charge in [0.15, 0.2) is 0 Å². The van der Waals surface area contributed by atoms with Gasteiger partial charge in [-0.3, -0.25) is 4.98 Å². The van der Waals surface area contributed by atoms with Crippen LogP contribution in [0.5, 0.6) is 0 Å². The Balaban J connectivity index is 1.71. The van der Waals surface area contributed by atoms with Crippen LogP contribution < -0.4 is 0 Å². The normalized spacial score (nSPS) is 35.2. The number of nitrogens with zero attached hydrogens (tertiary/aromatic N) is 1. The van der Waals surface area contributed by atoms with E-state index < -0.39 is 6.10 Å². The molecule has 3 heterocycles. The van der Waals surface area contributed by atoms with Crippen molar-refractivity contribution in [2.45, 2.75) is 31.0 Å². The van der Waals surface area contributed by atoms with Gasteiger partial charge < -0.3 is 14.6 Å². The van der Waals surface area contributed by atoms with Gasteiger partial charge in [-0.05, 0) is 18.8 Å². The van der Waals surface area contributed by atoms with Gasteiger partial charge in [0.1, 0.15) is 0 Å². The third kappa shape index (κ3) is 2.25. The van der Waals surface area contributed by atoms with Gasteiger partial charge in [-0.2, -0.15) is 0 Å². The third-order valence-corrected chi connectivity index (χ3v) is 4.63. The molecular weight excluding hydrogens is 238 g/mol. The Labute approximate surface area is 105 Å². The number of thiazole rings is 1. The van der Waals surface area contributed by atoms with Gasteiger partial charge in [-0.25, -0.2) is 0 Å². The molecule has 2 fully saturated rings. The monoisotopic (exact) mass is 255 g/mol.